The Labute approximate surface area is 115 Å². The van der Waals surface area contributed by atoms with Crippen LogP contribution in [0, 0.1) is 0 Å². The van der Waals surface area contributed by atoms with Crippen LogP contribution in [0.15, 0.2) is 28.7 Å². The molecule has 0 saturated carbocycles. The smallest absolute Gasteiger partial charge is 0.232 e. The monoisotopic (exact) mass is 334 g/mol. The Balaban J connectivity index is 2.89. The van der Waals surface area contributed by atoms with Gasteiger partial charge >= 0.3 is 0 Å². The van der Waals surface area contributed by atoms with Crippen molar-refractivity contribution >= 4 is 37.5 Å². The summed E-state index contributed by atoms with van der Waals surface area (Å²) in [6, 6.07) is 7.00. The highest BCUT2D eigenvalue weighted by atomic mass is 79.9. The van der Waals surface area contributed by atoms with E-state index < -0.39 is 10.0 Å². The molecule has 0 heterocycles. The van der Waals surface area contributed by atoms with Crippen LogP contribution in [0.1, 0.15) is 6.92 Å². The minimum Gasteiger partial charge on any atom is -0.355 e. The van der Waals surface area contributed by atoms with Crippen molar-refractivity contribution in [2.75, 3.05) is 23.7 Å². The highest BCUT2D eigenvalue weighted by Gasteiger charge is 2.17. The summed E-state index contributed by atoms with van der Waals surface area (Å²) in [5.41, 5.74) is 0.567. The summed E-state index contributed by atoms with van der Waals surface area (Å²) in [6.07, 6.45) is 1.14. The van der Waals surface area contributed by atoms with E-state index in [-0.39, 0.29) is 19.0 Å². The number of rotatable bonds is 5. The minimum absolute atomic E-state index is 0.183. The molecule has 18 heavy (non-hydrogen) atoms. The summed E-state index contributed by atoms with van der Waals surface area (Å²) < 4.78 is 25.5. The molecule has 0 radical (unpaired) electrons. The Bertz CT molecular complexity index is 531. The maximum Gasteiger partial charge on any atom is 0.232 e. The van der Waals surface area contributed by atoms with Crippen LogP contribution < -0.4 is 9.62 Å². The van der Waals surface area contributed by atoms with Gasteiger partial charge < -0.3 is 5.32 Å². The van der Waals surface area contributed by atoms with Crippen molar-refractivity contribution in [2.45, 2.75) is 6.92 Å². The highest BCUT2D eigenvalue weighted by molar-refractivity contribution is 9.10. The molecule has 1 N–H and O–H groups in total. The molecule has 0 aliphatic heterocycles. The van der Waals surface area contributed by atoms with Crippen LogP contribution in [-0.2, 0) is 14.8 Å². The Kier molecular flexibility index (Phi) is 5.15. The van der Waals surface area contributed by atoms with Crippen LogP contribution in [0.5, 0.6) is 0 Å². The van der Waals surface area contributed by atoms with E-state index in [0.29, 0.717) is 5.69 Å². The predicted molar refractivity (Wildman–Crippen MR) is 75.0 cm³/mol. The van der Waals surface area contributed by atoms with Gasteiger partial charge in [-0.05, 0) is 18.2 Å². The van der Waals surface area contributed by atoms with Gasteiger partial charge in [0.15, 0.2) is 0 Å². The first kappa shape index (κ1) is 15.0. The molecular weight excluding hydrogens is 320 g/mol. The molecule has 1 amide bonds. The quantitative estimate of drug-likeness (QED) is 0.883. The van der Waals surface area contributed by atoms with Gasteiger partial charge in [0, 0.05) is 17.9 Å². The SMILES string of the molecule is CC(=O)NCCN(c1cccc(Br)c1)S(C)(=O)=O. The number of nitrogens with one attached hydrogen (secondary N) is 1. The topological polar surface area (TPSA) is 66.5 Å². The second-order valence-corrected chi connectivity index (χ2v) is 6.62. The molecule has 1 rings (SSSR count). The third-order valence-electron chi connectivity index (χ3n) is 2.19. The van der Waals surface area contributed by atoms with Crippen LogP contribution in [0.4, 0.5) is 5.69 Å². The second kappa shape index (κ2) is 6.19. The lowest BCUT2D eigenvalue weighted by molar-refractivity contribution is -0.118. The van der Waals surface area contributed by atoms with Crippen molar-refractivity contribution in [3.05, 3.63) is 28.7 Å². The first-order valence-electron chi connectivity index (χ1n) is 5.28. The third-order valence-corrected chi connectivity index (χ3v) is 3.87. The number of benzene rings is 1. The molecule has 1 aromatic rings. The van der Waals surface area contributed by atoms with E-state index in [0.717, 1.165) is 10.7 Å². The van der Waals surface area contributed by atoms with Gasteiger partial charge in [0.05, 0.1) is 18.5 Å². The number of sulfonamides is 1. The van der Waals surface area contributed by atoms with Crippen LogP contribution in [0.3, 0.4) is 0 Å². The number of hydrogen-bond acceptors (Lipinski definition) is 3. The number of anilines is 1. The molecule has 5 nitrogen and oxygen atoms in total. The average Bonchev–Trinajstić information content (AvgIpc) is 2.22. The Hall–Kier alpha value is -1.08. The van der Waals surface area contributed by atoms with Crippen molar-refractivity contribution in [3.8, 4) is 0 Å². The number of halogens is 1. The molecule has 0 bridgehead atoms. The van der Waals surface area contributed by atoms with Gasteiger partial charge in [0.1, 0.15) is 0 Å². The number of carbonyl (C=O) groups is 1. The first-order valence-corrected chi connectivity index (χ1v) is 7.92. The Morgan fingerprint density at radius 1 is 1.44 bits per heavy atom. The van der Waals surface area contributed by atoms with Gasteiger partial charge in [0.2, 0.25) is 15.9 Å². The predicted octanol–water partition coefficient (Wildman–Crippen LogP) is 1.35. The molecular formula is C11H15BrN2O3S. The standard InChI is InChI=1S/C11H15BrN2O3S/c1-9(15)13-6-7-14(18(2,16)17)11-5-3-4-10(12)8-11/h3-5,8H,6-7H2,1-2H3,(H,13,15). The van der Waals surface area contributed by atoms with Gasteiger partial charge in [-0.15, -0.1) is 0 Å². The summed E-state index contributed by atoms with van der Waals surface area (Å²) >= 11 is 3.30. The molecule has 0 spiro atoms. The fraction of sp³-hybridized carbons (Fsp3) is 0.364. The van der Waals surface area contributed by atoms with Crippen molar-refractivity contribution < 1.29 is 13.2 Å². The molecule has 0 atom stereocenters. The van der Waals surface area contributed by atoms with E-state index in [1.54, 1.807) is 18.2 Å². The van der Waals surface area contributed by atoms with Crippen LogP contribution in [0.2, 0.25) is 0 Å². The van der Waals surface area contributed by atoms with Gasteiger partial charge in [-0.25, -0.2) is 8.42 Å². The van der Waals surface area contributed by atoms with Crippen molar-refractivity contribution in [3.63, 3.8) is 0 Å². The van der Waals surface area contributed by atoms with E-state index in [1.807, 2.05) is 6.07 Å². The van der Waals surface area contributed by atoms with E-state index in [4.69, 9.17) is 0 Å². The molecule has 0 unspecified atom stereocenters. The maximum atomic E-state index is 11.7. The summed E-state index contributed by atoms with van der Waals surface area (Å²) in [5.74, 6) is -0.183. The summed E-state index contributed by atoms with van der Waals surface area (Å²) in [5, 5.41) is 2.58. The van der Waals surface area contributed by atoms with E-state index >= 15 is 0 Å². The van der Waals surface area contributed by atoms with E-state index in [1.165, 1.54) is 11.2 Å². The summed E-state index contributed by atoms with van der Waals surface area (Å²) in [6.45, 7) is 1.87. The molecule has 0 saturated heterocycles. The molecule has 0 fully saturated rings. The zero-order valence-electron chi connectivity index (χ0n) is 10.2. The normalized spacial score (nSPS) is 11.1. The van der Waals surface area contributed by atoms with Crippen molar-refractivity contribution in [1.29, 1.82) is 0 Å². The molecule has 1 aromatic carbocycles. The number of amides is 1. The largest absolute Gasteiger partial charge is 0.355 e. The van der Waals surface area contributed by atoms with E-state index in [2.05, 4.69) is 21.2 Å². The lowest BCUT2D eigenvalue weighted by Crippen LogP contribution is -2.37. The molecule has 100 valence electrons. The van der Waals surface area contributed by atoms with Crippen molar-refractivity contribution in [2.24, 2.45) is 0 Å². The number of carbonyl (C=O) groups excluding carboxylic acids is 1. The van der Waals surface area contributed by atoms with Crippen LogP contribution in [-0.4, -0.2) is 33.7 Å². The zero-order valence-corrected chi connectivity index (χ0v) is 12.6. The maximum absolute atomic E-state index is 11.7. The van der Waals surface area contributed by atoms with Gasteiger partial charge in [-0.3, -0.25) is 9.10 Å². The minimum atomic E-state index is -3.37. The van der Waals surface area contributed by atoms with Gasteiger partial charge in [-0.1, -0.05) is 22.0 Å². The molecule has 0 aliphatic carbocycles. The second-order valence-electron chi connectivity index (χ2n) is 3.80. The summed E-state index contributed by atoms with van der Waals surface area (Å²) in [7, 11) is -3.37. The third kappa shape index (κ3) is 4.66. The Morgan fingerprint density at radius 3 is 2.61 bits per heavy atom. The fourth-order valence-corrected chi connectivity index (χ4v) is 2.76. The van der Waals surface area contributed by atoms with Crippen LogP contribution >= 0.6 is 15.9 Å². The molecule has 0 aliphatic rings. The van der Waals surface area contributed by atoms with E-state index in [9.17, 15) is 13.2 Å². The average molecular weight is 335 g/mol. The first-order chi connectivity index (χ1) is 8.30. The van der Waals surface area contributed by atoms with Gasteiger partial charge in [-0.2, -0.15) is 0 Å². The number of hydrogen-bond donors (Lipinski definition) is 1. The lowest BCUT2D eigenvalue weighted by Gasteiger charge is -2.22. The fourth-order valence-electron chi connectivity index (χ4n) is 1.45. The summed E-state index contributed by atoms with van der Waals surface area (Å²) in [4.78, 5) is 10.8. The zero-order chi connectivity index (χ0) is 13.8. The molecule has 7 heteroatoms. The van der Waals surface area contributed by atoms with Gasteiger partial charge in [0.25, 0.3) is 0 Å². The number of nitrogens with zero attached hydrogens (tertiary/aromatic N) is 1. The lowest BCUT2D eigenvalue weighted by atomic mass is 10.3. The molecule has 0 aromatic heterocycles. The Morgan fingerprint density at radius 2 is 2.11 bits per heavy atom. The van der Waals surface area contributed by atoms with Crippen LogP contribution in [0.25, 0.3) is 0 Å². The highest BCUT2D eigenvalue weighted by Crippen LogP contribution is 2.21. The van der Waals surface area contributed by atoms with Crippen molar-refractivity contribution in [1.82, 2.24) is 5.32 Å².